The van der Waals surface area contributed by atoms with Crippen LogP contribution in [0.2, 0.25) is 0 Å². The predicted molar refractivity (Wildman–Crippen MR) is 70.8 cm³/mol. The summed E-state index contributed by atoms with van der Waals surface area (Å²) in [6.07, 6.45) is 0.456. The number of Topliss-reactive ketones (excluding diaryl/α,β-unsaturated/α-hetero) is 1. The van der Waals surface area contributed by atoms with Crippen LogP contribution in [0.1, 0.15) is 40.4 Å². The minimum atomic E-state index is -0.698. The number of hydrogen-bond acceptors (Lipinski definition) is 3. The molecule has 0 heterocycles. The Morgan fingerprint density at radius 3 is 2.17 bits per heavy atom. The normalized spacial score (nSPS) is 12.1. The number of ketones is 1. The molecule has 0 aliphatic carbocycles. The Bertz CT molecular complexity index is 475. The zero-order valence-corrected chi connectivity index (χ0v) is 11.7. The molecular weight excluding hydrogens is 228 g/mol. The summed E-state index contributed by atoms with van der Waals surface area (Å²) in [5, 5.41) is 0. The highest BCUT2D eigenvalue weighted by Gasteiger charge is 2.27. The number of carbonyl (C=O) groups excluding carboxylic acids is 2. The first-order valence-electron chi connectivity index (χ1n) is 6.12. The van der Waals surface area contributed by atoms with Crippen molar-refractivity contribution in [1.29, 1.82) is 0 Å². The summed E-state index contributed by atoms with van der Waals surface area (Å²) < 4.78 is 4.68. The summed E-state index contributed by atoms with van der Waals surface area (Å²) in [5.41, 5.74) is 3.74. The first-order chi connectivity index (χ1) is 8.42. The van der Waals surface area contributed by atoms with Gasteiger partial charge in [0.1, 0.15) is 5.92 Å². The number of ether oxygens (including phenoxy) is 1. The Labute approximate surface area is 108 Å². The molecule has 0 aliphatic heterocycles. The summed E-state index contributed by atoms with van der Waals surface area (Å²) in [4.78, 5) is 23.9. The summed E-state index contributed by atoms with van der Waals surface area (Å²) in [7, 11) is 1.31. The molecule has 0 amide bonds. The molecule has 0 spiro atoms. The minimum Gasteiger partial charge on any atom is -0.468 e. The lowest BCUT2D eigenvalue weighted by atomic mass is 9.90. The largest absolute Gasteiger partial charge is 0.468 e. The molecule has 0 aromatic heterocycles. The third kappa shape index (κ3) is 2.78. The van der Waals surface area contributed by atoms with Gasteiger partial charge in [0.15, 0.2) is 5.78 Å². The molecule has 1 aromatic carbocycles. The number of hydrogen-bond donors (Lipinski definition) is 0. The molecular formula is C15H20O3. The van der Waals surface area contributed by atoms with Crippen LogP contribution >= 0.6 is 0 Å². The monoisotopic (exact) mass is 248 g/mol. The van der Waals surface area contributed by atoms with E-state index in [9.17, 15) is 9.59 Å². The smallest absolute Gasteiger partial charge is 0.316 e. The Kier molecular flexibility index (Phi) is 4.65. The van der Waals surface area contributed by atoms with Gasteiger partial charge in [0.05, 0.1) is 7.11 Å². The van der Waals surface area contributed by atoms with Crippen molar-refractivity contribution in [2.75, 3.05) is 7.11 Å². The first-order valence-corrected chi connectivity index (χ1v) is 6.12. The van der Waals surface area contributed by atoms with E-state index in [4.69, 9.17) is 0 Å². The predicted octanol–water partition coefficient (Wildman–Crippen LogP) is 2.99. The lowest BCUT2D eigenvalue weighted by molar-refractivity contribution is -0.143. The average Bonchev–Trinajstić information content (AvgIpc) is 2.34. The standard InChI is InChI=1S/C15H20O3/c1-6-12(15(17)18-5)14(16)13-8-10(3)9(2)7-11(13)4/h7-8,12H,6H2,1-5H3. The van der Waals surface area contributed by atoms with Crippen molar-refractivity contribution >= 4 is 11.8 Å². The van der Waals surface area contributed by atoms with E-state index in [1.165, 1.54) is 7.11 Å². The minimum absolute atomic E-state index is 0.148. The van der Waals surface area contributed by atoms with E-state index in [0.717, 1.165) is 16.7 Å². The van der Waals surface area contributed by atoms with Crippen LogP contribution in [0, 0.1) is 26.7 Å². The van der Waals surface area contributed by atoms with E-state index in [2.05, 4.69) is 4.74 Å². The van der Waals surface area contributed by atoms with Crippen molar-refractivity contribution in [1.82, 2.24) is 0 Å². The fourth-order valence-corrected chi connectivity index (χ4v) is 2.02. The van der Waals surface area contributed by atoms with Gasteiger partial charge < -0.3 is 4.74 Å². The second kappa shape index (κ2) is 5.80. The molecule has 0 N–H and O–H groups in total. The van der Waals surface area contributed by atoms with Crippen LogP contribution in [0.15, 0.2) is 12.1 Å². The van der Waals surface area contributed by atoms with Gasteiger partial charge in [-0.25, -0.2) is 0 Å². The molecule has 0 saturated heterocycles. The van der Waals surface area contributed by atoms with Crippen molar-refractivity contribution in [3.8, 4) is 0 Å². The van der Waals surface area contributed by atoms with Gasteiger partial charge in [-0.1, -0.05) is 13.0 Å². The number of aryl methyl sites for hydroxylation is 3. The molecule has 1 unspecified atom stereocenters. The number of esters is 1. The molecule has 0 fully saturated rings. The SMILES string of the molecule is CCC(C(=O)OC)C(=O)c1cc(C)c(C)cc1C. The van der Waals surface area contributed by atoms with Gasteiger partial charge in [0, 0.05) is 5.56 Å². The van der Waals surface area contributed by atoms with E-state index in [1.54, 1.807) is 0 Å². The second-order valence-electron chi connectivity index (χ2n) is 4.60. The number of carbonyl (C=O) groups is 2. The quantitative estimate of drug-likeness (QED) is 0.467. The van der Waals surface area contributed by atoms with Gasteiger partial charge in [-0.15, -0.1) is 0 Å². The molecule has 0 aliphatic rings. The van der Waals surface area contributed by atoms with Crippen LogP contribution in [0.4, 0.5) is 0 Å². The van der Waals surface area contributed by atoms with Crippen molar-refractivity contribution in [2.45, 2.75) is 34.1 Å². The van der Waals surface area contributed by atoms with Gasteiger partial charge >= 0.3 is 5.97 Å². The van der Waals surface area contributed by atoms with E-state index in [1.807, 2.05) is 39.8 Å². The number of benzene rings is 1. The molecule has 1 aromatic rings. The summed E-state index contributed by atoms with van der Waals surface area (Å²) in [6, 6.07) is 3.84. The van der Waals surface area contributed by atoms with Crippen molar-refractivity contribution < 1.29 is 14.3 Å². The lowest BCUT2D eigenvalue weighted by Crippen LogP contribution is -2.25. The molecule has 1 rings (SSSR count). The molecule has 0 bridgehead atoms. The third-order valence-electron chi connectivity index (χ3n) is 3.32. The molecule has 18 heavy (non-hydrogen) atoms. The fourth-order valence-electron chi connectivity index (χ4n) is 2.02. The highest BCUT2D eigenvalue weighted by atomic mass is 16.5. The summed E-state index contributed by atoms with van der Waals surface area (Å²) >= 11 is 0. The van der Waals surface area contributed by atoms with Gasteiger partial charge in [0.2, 0.25) is 0 Å². The first kappa shape index (κ1) is 14.4. The Balaban J connectivity index is 3.17. The van der Waals surface area contributed by atoms with E-state index < -0.39 is 11.9 Å². The fraction of sp³-hybridized carbons (Fsp3) is 0.467. The Hall–Kier alpha value is -1.64. The van der Waals surface area contributed by atoms with Crippen LogP contribution < -0.4 is 0 Å². The van der Waals surface area contributed by atoms with Crippen LogP contribution in [-0.2, 0) is 9.53 Å². The van der Waals surface area contributed by atoms with Crippen LogP contribution in [-0.4, -0.2) is 18.9 Å². The zero-order chi connectivity index (χ0) is 13.9. The van der Waals surface area contributed by atoms with Gasteiger partial charge in [-0.05, 0) is 49.9 Å². The van der Waals surface area contributed by atoms with Gasteiger partial charge in [0.25, 0.3) is 0 Å². The highest BCUT2D eigenvalue weighted by molar-refractivity contribution is 6.09. The van der Waals surface area contributed by atoms with E-state index in [-0.39, 0.29) is 5.78 Å². The maximum atomic E-state index is 12.4. The topological polar surface area (TPSA) is 43.4 Å². The summed E-state index contributed by atoms with van der Waals surface area (Å²) in [6.45, 7) is 7.68. The van der Waals surface area contributed by atoms with E-state index >= 15 is 0 Å². The highest BCUT2D eigenvalue weighted by Crippen LogP contribution is 2.21. The Morgan fingerprint density at radius 2 is 1.67 bits per heavy atom. The molecule has 1 atom stereocenters. The maximum Gasteiger partial charge on any atom is 0.316 e. The molecule has 3 nitrogen and oxygen atoms in total. The van der Waals surface area contributed by atoms with Crippen molar-refractivity contribution in [3.63, 3.8) is 0 Å². The number of methoxy groups -OCH3 is 1. The molecule has 3 heteroatoms. The van der Waals surface area contributed by atoms with Gasteiger partial charge in [-0.3, -0.25) is 9.59 Å². The van der Waals surface area contributed by atoms with Gasteiger partial charge in [-0.2, -0.15) is 0 Å². The lowest BCUT2D eigenvalue weighted by Gasteiger charge is -2.14. The number of rotatable bonds is 4. The molecule has 0 saturated carbocycles. The average molecular weight is 248 g/mol. The van der Waals surface area contributed by atoms with Crippen molar-refractivity contribution in [2.24, 2.45) is 5.92 Å². The molecule has 0 radical (unpaired) electrons. The second-order valence-corrected chi connectivity index (χ2v) is 4.60. The molecule has 98 valence electrons. The maximum absolute atomic E-state index is 12.4. The third-order valence-corrected chi connectivity index (χ3v) is 3.32. The van der Waals surface area contributed by atoms with Crippen LogP contribution in [0.25, 0.3) is 0 Å². The Morgan fingerprint density at radius 1 is 1.11 bits per heavy atom. The van der Waals surface area contributed by atoms with Crippen molar-refractivity contribution in [3.05, 3.63) is 34.4 Å². The van der Waals surface area contributed by atoms with E-state index in [0.29, 0.717) is 12.0 Å². The van der Waals surface area contributed by atoms with Crippen LogP contribution in [0.5, 0.6) is 0 Å². The van der Waals surface area contributed by atoms with Crippen LogP contribution in [0.3, 0.4) is 0 Å². The summed E-state index contributed by atoms with van der Waals surface area (Å²) in [5.74, 6) is -1.30. The zero-order valence-electron chi connectivity index (χ0n) is 11.7.